The lowest BCUT2D eigenvalue weighted by Gasteiger charge is -2.12. The molecule has 0 saturated heterocycles. The standard InChI is InChI=1S/C15H10N6O4S/c22-20(23)11-5-1-9(2-6-11)13-16-17-15-19(13)18-14(26-15)10-3-7-12(8-4-10)21(24)25/h1-8,14,18H/t14-/m1/s1. The lowest BCUT2D eigenvalue weighted by molar-refractivity contribution is -0.385. The zero-order valence-corrected chi connectivity index (χ0v) is 13.8. The Hall–Kier alpha value is -3.47. The molecular formula is C15H10N6O4S. The number of nitrogens with zero attached hydrogens (tertiary/aromatic N) is 5. The first-order valence-electron chi connectivity index (χ1n) is 7.41. The van der Waals surface area contributed by atoms with Crippen molar-refractivity contribution in [1.82, 2.24) is 14.9 Å². The molecule has 11 heteroatoms. The highest BCUT2D eigenvalue weighted by molar-refractivity contribution is 7.99. The highest BCUT2D eigenvalue weighted by Gasteiger charge is 2.28. The summed E-state index contributed by atoms with van der Waals surface area (Å²) in [4.78, 5) is 20.6. The minimum absolute atomic E-state index is 0.000927. The minimum Gasteiger partial charge on any atom is -0.304 e. The fourth-order valence-corrected chi connectivity index (χ4v) is 3.54. The lowest BCUT2D eigenvalue weighted by Crippen LogP contribution is -2.13. The Kier molecular flexibility index (Phi) is 3.77. The van der Waals surface area contributed by atoms with Crippen molar-refractivity contribution in [3.8, 4) is 11.4 Å². The number of rotatable bonds is 4. The summed E-state index contributed by atoms with van der Waals surface area (Å²) in [6.45, 7) is 0. The van der Waals surface area contributed by atoms with Crippen LogP contribution in [0, 0.1) is 20.2 Å². The van der Waals surface area contributed by atoms with Crippen molar-refractivity contribution in [1.29, 1.82) is 0 Å². The topological polar surface area (TPSA) is 129 Å². The van der Waals surface area contributed by atoms with Gasteiger partial charge in [-0.15, -0.1) is 10.2 Å². The average molecular weight is 370 g/mol. The second-order valence-corrected chi connectivity index (χ2v) is 6.49. The number of hydrogen-bond donors (Lipinski definition) is 1. The molecule has 0 aliphatic carbocycles. The van der Waals surface area contributed by atoms with E-state index in [0.717, 1.165) is 5.56 Å². The van der Waals surface area contributed by atoms with Crippen LogP contribution in [0.5, 0.6) is 0 Å². The molecular weight excluding hydrogens is 360 g/mol. The van der Waals surface area contributed by atoms with E-state index in [1.54, 1.807) is 28.9 Å². The van der Waals surface area contributed by atoms with Crippen LogP contribution in [-0.2, 0) is 0 Å². The molecule has 4 rings (SSSR count). The predicted octanol–water partition coefficient (Wildman–Crippen LogP) is 3.11. The molecule has 0 bridgehead atoms. The zero-order chi connectivity index (χ0) is 18.3. The third-order valence-electron chi connectivity index (χ3n) is 3.85. The first-order chi connectivity index (χ1) is 12.5. The summed E-state index contributed by atoms with van der Waals surface area (Å²) >= 11 is 1.43. The maximum atomic E-state index is 10.8. The number of hydrogen-bond acceptors (Lipinski definition) is 8. The van der Waals surface area contributed by atoms with E-state index in [1.165, 1.54) is 36.0 Å². The number of fused-ring (bicyclic) bond motifs is 1. The Morgan fingerprint density at radius 3 is 2.08 bits per heavy atom. The molecule has 1 atom stereocenters. The van der Waals surface area contributed by atoms with Gasteiger partial charge in [-0.05, 0) is 29.8 Å². The van der Waals surface area contributed by atoms with Gasteiger partial charge in [-0.2, -0.15) is 0 Å². The number of non-ortho nitro benzene ring substituents is 2. The molecule has 2 heterocycles. The molecule has 3 aromatic rings. The lowest BCUT2D eigenvalue weighted by atomic mass is 10.2. The van der Waals surface area contributed by atoms with Crippen LogP contribution < -0.4 is 5.43 Å². The van der Waals surface area contributed by atoms with E-state index in [4.69, 9.17) is 0 Å². The molecule has 0 unspecified atom stereocenters. The zero-order valence-electron chi connectivity index (χ0n) is 13.0. The van der Waals surface area contributed by atoms with Gasteiger partial charge in [-0.3, -0.25) is 20.2 Å². The number of nitrogens with one attached hydrogen (secondary N) is 1. The molecule has 0 saturated carbocycles. The van der Waals surface area contributed by atoms with Crippen molar-refractivity contribution in [2.24, 2.45) is 0 Å². The second kappa shape index (κ2) is 6.11. The van der Waals surface area contributed by atoms with E-state index in [0.29, 0.717) is 16.5 Å². The predicted molar refractivity (Wildman–Crippen MR) is 93.2 cm³/mol. The molecule has 2 aromatic carbocycles. The Bertz CT molecular complexity index is 1000. The van der Waals surface area contributed by atoms with Crippen LogP contribution in [0.3, 0.4) is 0 Å². The largest absolute Gasteiger partial charge is 0.304 e. The molecule has 0 spiro atoms. The fourth-order valence-electron chi connectivity index (χ4n) is 2.54. The maximum absolute atomic E-state index is 10.8. The number of benzene rings is 2. The highest BCUT2D eigenvalue weighted by Crippen LogP contribution is 2.40. The monoisotopic (exact) mass is 370 g/mol. The van der Waals surface area contributed by atoms with E-state index in [1.807, 2.05) is 0 Å². The number of nitro benzene ring substituents is 2. The van der Waals surface area contributed by atoms with Gasteiger partial charge in [0.2, 0.25) is 5.16 Å². The molecule has 1 aromatic heterocycles. The molecule has 1 aliphatic heterocycles. The van der Waals surface area contributed by atoms with Crippen LogP contribution >= 0.6 is 11.8 Å². The van der Waals surface area contributed by atoms with Gasteiger partial charge in [0.05, 0.1) is 9.85 Å². The van der Waals surface area contributed by atoms with Gasteiger partial charge in [0.1, 0.15) is 5.37 Å². The van der Waals surface area contributed by atoms with Crippen LogP contribution in [0.2, 0.25) is 0 Å². The smallest absolute Gasteiger partial charge is 0.269 e. The molecule has 26 heavy (non-hydrogen) atoms. The Morgan fingerprint density at radius 2 is 1.50 bits per heavy atom. The van der Waals surface area contributed by atoms with Gasteiger partial charge in [0.15, 0.2) is 5.82 Å². The summed E-state index contributed by atoms with van der Waals surface area (Å²) < 4.78 is 1.71. The quantitative estimate of drug-likeness (QED) is 0.548. The number of nitro groups is 2. The second-order valence-electron chi connectivity index (χ2n) is 5.42. The number of aromatic nitrogens is 3. The SMILES string of the molecule is O=[N+]([O-])c1ccc(-c2nnc3n2N[C@@H](c2ccc([N+](=O)[O-])cc2)S3)cc1. The third kappa shape index (κ3) is 2.73. The maximum Gasteiger partial charge on any atom is 0.269 e. The Balaban J connectivity index is 1.58. The molecule has 130 valence electrons. The minimum atomic E-state index is -0.462. The van der Waals surface area contributed by atoms with Gasteiger partial charge in [-0.1, -0.05) is 11.8 Å². The van der Waals surface area contributed by atoms with E-state index >= 15 is 0 Å². The Labute approximate surface area is 150 Å². The van der Waals surface area contributed by atoms with Gasteiger partial charge >= 0.3 is 0 Å². The van der Waals surface area contributed by atoms with Crippen LogP contribution in [0.4, 0.5) is 11.4 Å². The summed E-state index contributed by atoms with van der Waals surface area (Å²) in [6, 6.07) is 12.3. The van der Waals surface area contributed by atoms with E-state index < -0.39 is 9.85 Å². The fraction of sp³-hybridized carbons (Fsp3) is 0.0667. The van der Waals surface area contributed by atoms with Crippen molar-refractivity contribution in [3.63, 3.8) is 0 Å². The normalized spacial score (nSPS) is 15.3. The van der Waals surface area contributed by atoms with Crippen LogP contribution in [0.1, 0.15) is 10.9 Å². The summed E-state index contributed by atoms with van der Waals surface area (Å²) in [6.07, 6.45) is 0. The van der Waals surface area contributed by atoms with Crippen LogP contribution in [0.25, 0.3) is 11.4 Å². The average Bonchev–Trinajstić information content (AvgIpc) is 3.22. The van der Waals surface area contributed by atoms with E-state index in [2.05, 4.69) is 15.6 Å². The van der Waals surface area contributed by atoms with Crippen LogP contribution in [-0.4, -0.2) is 24.7 Å². The van der Waals surface area contributed by atoms with Crippen molar-refractivity contribution < 1.29 is 9.85 Å². The Morgan fingerprint density at radius 1 is 0.923 bits per heavy atom. The summed E-state index contributed by atoms with van der Waals surface area (Å²) in [5.41, 5.74) is 4.81. The van der Waals surface area contributed by atoms with E-state index in [9.17, 15) is 20.2 Å². The molecule has 1 aliphatic rings. The highest BCUT2D eigenvalue weighted by atomic mass is 32.2. The first kappa shape index (κ1) is 16.0. The third-order valence-corrected chi connectivity index (χ3v) is 4.93. The van der Waals surface area contributed by atoms with Gasteiger partial charge < -0.3 is 5.43 Å². The number of thioether (sulfide) groups is 1. The molecule has 10 nitrogen and oxygen atoms in total. The van der Waals surface area contributed by atoms with Crippen molar-refractivity contribution in [2.45, 2.75) is 10.5 Å². The summed E-state index contributed by atoms with van der Waals surface area (Å²) in [5, 5.41) is 30.2. The molecule has 0 fully saturated rings. The van der Waals surface area contributed by atoms with Gasteiger partial charge in [-0.25, -0.2) is 4.68 Å². The molecule has 0 amide bonds. The van der Waals surface area contributed by atoms with E-state index in [-0.39, 0.29) is 16.7 Å². The molecule has 0 radical (unpaired) electrons. The van der Waals surface area contributed by atoms with Crippen molar-refractivity contribution in [2.75, 3.05) is 5.43 Å². The summed E-state index contributed by atoms with van der Waals surface area (Å²) in [5.74, 6) is 0.534. The molecule has 1 N–H and O–H groups in total. The first-order valence-corrected chi connectivity index (χ1v) is 8.29. The van der Waals surface area contributed by atoms with Gasteiger partial charge in [0, 0.05) is 29.8 Å². The van der Waals surface area contributed by atoms with Crippen molar-refractivity contribution >= 4 is 23.1 Å². The summed E-state index contributed by atoms with van der Waals surface area (Å²) in [7, 11) is 0. The van der Waals surface area contributed by atoms with Crippen LogP contribution in [0.15, 0.2) is 53.7 Å². The van der Waals surface area contributed by atoms with Gasteiger partial charge in [0.25, 0.3) is 11.4 Å². The van der Waals surface area contributed by atoms with Crippen molar-refractivity contribution in [3.05, 3.63) is 74.3 Å².